The highest BCUT2D eigenvalue weighted by Crippen LogP contribution is 2.37. The maximum Gasteiger partial charge on any atom is 0.131 e. The molecule has 0 aliphatic heterocycles. The largest absolute Gasteiger partial charge is 0.507 e. The Hall–Kier alpha value is -0.540. The van der Waals surface area contributed by atoms with Crippen LogP contribution in [0.1, 0.15) is 11.8 Å². The van der Waals surface area contributed by atoms with Crippen LogP contribution in [0.5, 0.6) is 5.75 Å². The number of hydrogen-bond acceptors (Lipinski definition) is 2. The van der Waals surface area contributed by atoms with Crippen LogP contribution in [0.25, 0.3) is 10.1 Å². The molecular weight excluding hydrogens is 248 g/mol. The van der Waals surface area contributed by atoms with E-state index in [0.29, 0.717) is 5.75 Å². The zero-order valence-corrected chi connectivity index (χ0v) is 9.58. The van der Waals surface area contributed by atoms with Crippen LogP contribution in [0.4, 0.5) is 0 Å². The average Bonchev–Trinajstić information content (AvgIpc) is 2.55. The van der Waals surface area contributed by atoms with Gasteiger partial charge in [0.15, 0.2) is 0 Å². The van der Waals surface area contributed by atoms with Gasteiger partial charge < -0.3 is 5.11 Å². The van der Waals surface area contributed by atoms with E-state index in [1.807, 2.05) is 6.07 Å². The van der Waals surface area contributed by atoms with E-state index in [9.17, 15) is 5.11 Å². The molecule has 0 spiro atoms. The van der Waals surface area contributed by atoms with Gasteiger partial charge >= 0.3 is 0 Å². The lowest BCUT2D eigenvalue weighted by atomic mass is 10.2. The van der Waals surface area contributed by atoms with Crippen molar-refractivity contribution in [3.05, 3.63) is 27.5 Å². The maximum atomic E-state index is 9.46. The van der Waals surface area contributed by atoms with Crippen LogP contribution in [-0.4, -0.2) is 5.11 Å². The maximum absolute atomic E-state index is 9.46. The number of phenolic OH excluding ortho intramolecular Hbond substituents is 1. The van der Waals surface area contributed by atoms with E-state index in [-0.39, 0.29) is 0 Å². The van der Waals surface area contributed by atoms with Crippen molar-refractivity contribution in [2.24, 2.45) is 0 Å². The quantitative estimate of drug-likeness (QED) is 0.820. The Morgan fingerprint density at radius 2 is 2.23 bits per heavy atom. The van der Waals surface area contributed by atoms with E-state index in [0.717, 1.165) is 15.6 Å². The molecule has 0 aliphatic rings. The summed E-state index contributed by atoms with van der Waals surface area (Å²) in [5.41, 5.74) is 0. The summed E-state index contributed by atoms with van der Waals surface area (Å²) in [5.74, 6) is 0.317. The fraction of sp³-hybridized carbons (Fsp3) is 0.200. The molecule has 0 saturated carbocycles. The Bertz CT molecular complexity index is 447. The first-order chi connectivity index (χ1) is 6.22. The topological polar surface area (TPSA) is 20.2 Å². The molecule has 0 aliphatic carbocycles. The molecule has 1 nitrogen and oxygen atoms in total. The number of fused-ring (bicyclic) bond motifs is 1. The van der Waals surface area contributed by atoms with Gasteiger partial charge in [-0.25, -0.2) is 0 Å². The summed E-state index contributed by atoms with van der Waals surface area (Å²) in [5, 5.41) is 10.7. The number of halogens is 1. The highest BCUT2D eigenvalue weighted by molar-refractivity contribution is 9.10. The first-order valence-corrected chi connectivity index (χ1v) is 5.73. The molecule has 13 heavy (non-hydrogen) atoms. The minimum Gasteiger partial charge on any atom is -0.507 e. The number of hydrogen-bond donors (Lipinski definition) is 1. The van der Waals surface area contributed by atoms with Crippen LogP contribution in [0.15, 0.2) is 22.7 Å². The van der Waals surface area contributed by atoms with E-state index in [4.69, 9.17) is 0 Å². The summed E-state index contributed by atoms with van der Waals surface area (Å²) < 4.78 is 1.95. The number of aryl methyl sites for hydroxylation is 1. The molecule has 2 aromatic rings. The molecule has 0 saturated heterocycles. The average molecular weight is 257 g/mol. The summed E-state index contributed by atoms with van der Waals surface area (Å²) >= 11 is 5.11. The zero-order valence-electron chi connectivity index (χ0n) is 7.17. The third-order valence-corrected chi connectivity index (χ3v) is 4.38. The summed E-state index contributed by atoms with van der Waals surface area (Å²) in [6.07, 6.45) is 1.05. The molecule has 0 fully saturated rings. The van der Waals surface area contributed by atoms with Crippen LogP contribution < -0.4 is 0 Å². The van der Waals surface area contributed by atoms with Crippen LogP contribution >= 0.6 is 27.3 Å². The number of phenols is 1. The Labute approximate surface area is 89.1 Å². The van der Waals surface area contributed by atoms with Crippen molar-refractivity contribution in [3.63, 3.8) is 0 Å². The van der Waals surface area contributed by atoms with Crippen molar-refractivity contribution in [2.75, 3.05) is 0 Å². The summed E-state index contributed by atoms with van der Waals surface area (Å²) in [7, 11) is 0. The molecular formula is C10H9BrOS. The van der Waals surface area contributed by atoms with E-state index in [1.54, 1.807) is 17.4 Å². The van der Waals surface area contributed by atoms with Crippen molar-refractivity contribution in [1.29, 1.82) is 0 Å². The minimum atomic E-state index is 0.317. The van der Waals surface area contributed by atoms with Gasteiger partial charge in [-0.05, 0) is 45.9 Å². The number of thiophene rings is 1. The zero-order chi connectivity index (χ0) is 9.42. The normalized spacial score (nSPS) is 10.9. The van der Waals surface area contributed by atoms with Gasteiger partial charge in [-0.15, -0.1) is 11.3 Å². The van der Waals surface area contributed by atoms with Gasteiger partial charge in [-0.2, -0.15) is 0 Å². The molecule has 1 aromatic heterocycles. The van der Waals surface area contributed by atoms with Gasteiger partial charge in [0.2, 0.25) is 0 Å². The Morgan fingerprint density at radius 3 is 2.92 bits per heavy atom. The van der Waals surface area contributed by atoms with E-state index >= 15 is 0 Å². The van der Waals surface area contributed by atoms with E-state index in [1.165, 1.54) is 10.3 Å². The predicted octanol–water partition coefficient (Wildman–Crippen LogP) is 3.93. The van der Waals surface area contributed by atoms with Crippen LogP contribution in [0, 0.1) is 0 Å². The van der Waals surface area contributed by atoms with E-state index in [2.05, 4.69) is 28.9 Å². The van der Waals surface area contributed by atoms with Gasteiger partial charge in [-0.3, -0.25) is 0 Å². The van der Waals surface area contributed by atoms with Crippen molar-refractivity contribution < 1.29 is 5.11 Å². The first-order valence-electron chi connectivity index (χ1n) is 4.12. The third-order valence-electron chi connectivity index (χ3n) is 2.01. The summed E-state index contributed by atoms with van der Waals surface area (Å²) in [4.78, 5) is 1.35. The molecule has 2 rings (SSSR count). The lowest BCUT2D eigenvalue weighted by Gasteiger charge is -1.96. The molecule has 0 radical (unpaired) electrons. The Kier molecular flexibility index (Phi) is 2.30. The standard InChI is InChI=1S/C10H9BrOS/c1-2-7-5-6-3-4-8(12)9(11)10(6)13-7/h3-5,12H,2H2,1H3. The fourth-order valence-corrected chi connectivity index (χ4v) is 2.92. The molecule has 1 aromatic carbocycles. The lowest BCUT2D eigenvalue weighted by molar-refractivity contribution is 0.473. The molecule has 3 heteroatoms. The number of benzene rings is 1. The highest BCUT2D eigenvalue weighted by Gasteiger charge is 2.06. The molecule has 0 atom stereocenters. The molecule has 0 unspecified atom stereocenters. The highest BCUT2D eigenvalue weighted by atomic mass is 79.9. The van der Waals surface area contributed by atoms with Crippen LogP contribution in [0.3, 0.4) is 0 Å². The first kappa shape index (κ1) is 9.03. The van der Waals surface area contributed by atoms with Gasteiger partial charge in [0, 0.05) is 4.88 Å². The third kappa shape index (κ3) is 1.46. The summed E-state index contributed by atoms with van der Waals surface area (Å²) in [6, 6.07) is 5.84. The monoisotopic (exact) mass is 256 g/mol. The minimum absolute atomic E-state index is 0.317. The second-order valence-corrected chi connectivity index (χ2v) is 4.81. The smallest absolute Gasteiger partial charge is 0.131 e. The van der Waals surface area contributed by atoms with E-state index < -0.39 is 0 Å². The molecule has 1 N–H and O–H groups in total. The SMILES string of the molecule is CCc1cc2ccc(O)c(Br)c2s1. The second-order valence-electron chi connectivity index (χ2n) is 2.88. The second kappa shape index (κ2) is 3.31. The van der Waals surface area contributed by atoms with Crippen LogP contribution in [-0.2, 0) is 6.42 Å². The van der Waals surface area contributed by atoms with Crippen molar-refractivity contribution >= 4 is 37.4 Å². The van der Waals surface area contributed by atoms with Gasteiger partial charge in [-0.1, -0.05) is 6.92 Å². The Balaban J connectivity index is 2.76. The predicted molar refractivity (Wildman–Crippen MR) is 60.6 cm³/mol. The lowest BCUT2D eigenvalue weighted by Crippen LogP contribution is -1.67. The number of rotatable bonds is 1. The van der Waals surface area contributed by atoms with Crippen molar-refractivity contribution in [2.45, 2.75) is 13.3 Å². The fourth-order valence-electron chi connectivity index (χ4n) is 1.29. The molecule has 0 bridgehead atoms. The van der Waals surface area contributed by atoms with Crippen molar-refractivity contribution in [1.82, 2.24) is 0 Å². The van der Waals surface area contributed by atoms with Crippen LogP contribution in [0.2, 0.25) is 0 Å². The van der Waals surface area contributed by atoms with Gasteiger partial charge in [0.25, 0.3) is 0 Å². The number of aromatic hydroxyl groups is 1. The molecule has 68 valence electrons. The molecule has 0 amide bonds. The van der Waals surface area contributed by atoms with Gasteiger partial charge in [0.05, 0.1) is 9.17 Å². The Morgan fingerprint density at radius 1 is 1.46 bits per heavy atom. The van der Waals surface area contributed by atoms with Gasteiger partial charge in [0.1, 0.15) is 5.75 Å². The molecule has 1 heterocycles. The van der Waals surface area contributed by atoms with Crippen molar-refractivity contribution in [3.8, 4) is 5.75 Å². The summed E-state index contributed by atoms with van der Waals surface area (Å²) in [6.45, 7) is 2.14.